The molecule has 0 aliphatic heterocycles. The van der Waals surface area contributed by atoms with Gasteiger partial charge in [0.2, 0.25) is 0 Å². The lowest BCUT2D eigenvalue weighted by Gasteiger charge is -2.16. The number of nitrogens with zero attached hydrogens (tertiary/aromatic N) is 2. The molecule has 0 amide bonds. The van der Waals surface area contributed by atoms with Gasteiger partial charge in [-0.15, -0.1) is 11.3 Å². The first-order chi connectivity index (χ1) is 9.60. The molecule has 1 unspecified atom stereocenters. The third-order valence-electron chi connectivity index (χ3n) is 3.67. The first kappa shape index (κ1) is 13.8. The molecule has 3 aromatic rings. The van der Waals surface area contributed by atoms with Crippen LogP contribution in [0.4, 0.5) is 0 Å². The second-order valence-electron chi connectivity index (χ2n) is 5.00. The summed E-state index contributed by atoms with van der Waals surface area (Å²) in [6, 6.07) is 6.61. The molecule has 0 bridgehead atoms. The van der Waals surface area contributed by atoms with Gasteiger partial charge >= 0.3 is 0 Å². The van der Waals surface area contributed by atoms with Crippen molar-refractivity contribution < 1.29 is 0 Å². The maximum atomic E-state index is 6.01. The average molecular weight is 350 g/mol. The van der Waals surface area contributed by atoms with Crippen LogP contribution in [0.15, 0.2) is 34.4 Å². The Morgan fingerprint density at radius 3 is 2.70 bits per heavy atom. The zero-order chi connectivity index (χ0) is 14.3. The topological polar surface area (TPSA) is 43.8 Å². The van der Waals surface area contributed by atoms with Gasteiger partial charge in [-0.3, -0.25) is 0 Å². The number of imidazole rings is 1. The van der Waals surface area contributed by atoms with Crippen molar-refractivity contribution in [1.29, 1.82) is 0 Å². The Morgan fingerprint density at radius 1 is 1.30 bits per heavy atom. The van der Waals surface area contributed by atoms with Crippen LogP contribution in [-0.2, 0) is 0 Å². The number of benzene rings is 1. The van der Waals surface area contributed by atoms with E-state index in [1.165, 1.54) is 16.0 Å². The first-order valence-electron chi connectivity index (χ1n) is 6.48. The van der Waals surface area contributed by atoms with Gasteiger partial charge in [-0.2, -0.15) is 0 Å². The molecule has 2 aromatic heterocycles. The molecular formula is C15H16BrN3S. The minimum Gasteiger partial charge on any atom is -0.328 e. The van der Waals surface area contributed by atoms with E-state index in [9.17, 15) is 0 Å². The number of aromatic nitrogens is 2. The van der Waals surface area contributed by atoms with Crippen molar-refractivity contribution >= 4 is 38.3 Å². The molecule has 1 aromatic carbocycles. The van der Waals surface area contributed by atoms with E-state index in [-0.39, 0.29) is 6.04 Å². The lowest BCUT2D eigenvalue weighted by Crippen LogP contribution is -2.18. The van der Waals surface area contributed by atoms with Crippen LogP contribution in [0.3, 0.4) is 0 Å². The molecule has 2 N–H and O–H groups in total. The summed E-state index contributed by atoms with van der Waals surface area (Å²) in [6.07, 6.45) is 1.90. The van der Waals surface area contributed by atoms with E-state index in [0.29, 0.717) is 6.54 Å². The van der Waals surface area contributed by atoms with Crippen molar-refractivity contribution in [2.75, 3.05) is 6.54 Å². The van der Waals surface area contributed by atoms with E-state index < -0.39 is 0 Å². The Kier molecular flexibility index (Phi) is 3.67. The summed E-state index contributed by atoms with van der Waals surface area (Å²) in [5.41, 5.74) is 10.7. The van der Waals surface area contributed by atoms with Crippen LogP contribution >= 0.6 is 27.3 Å². The van der Waals surface area contributed by atoms with E-state index in [4.69, 9.17) is 5.73 Å². The minimum absolute atomic E-state index is 0.137. The highest BCUT2D eigenvalue weighted by atomic mass is 79.9. The summed E-state index contributed by atoms with van der Waals surface area (Å²) in [7, 11) is 0. The van der Waals surface area contributed by atoms with Crippen LogP contribution in [0.2, 0.25) is 0 Å². The number of hydrogen-bond donors (Lipinski definition) is 1. The second kappa shape index (κ2) is 5.31. The van der Waals surface area contributed by atoms with Gasteiger partial charge in [0.15, 0.2) is 0 Å². The SMILES string of the molecule is Cc1cc2ncn(C(CN)c3cc(Br)cs3)c2cc1C. The zero-order valence-electron chi connectivity index (χ0n) is 11.4. The maximum Gasteiger partial charge on any atom is 0.0964 e. The van der Waals surface area contributed by atoms with Crippen molar-refractivity contribution in [2.24, 2.45) is 5.73 Å². The van der Waals surface area contributed by atoms with Gasteiger partial charge in [0, 0.05) is 21.3 Å². The van der Waals surface area contributed by atoms with Crippen LogP contribution in [0.5, 0.6) is 0 Å². The monoisotopic (exact) mass is 349 g/mol. The van der Waals surface area contributed by atoms with E-state index >= 15 is 0 Å². The fourth-order valence-electron chi connectivity index (χ4n) is 2.40. The average Bonchev–Trinajstić information content (AvgIpc) is 3.00. The number of halogens is 1. The van der Waals surface area contributed by atoms with Gasteiger partial charge in [-0.1, -0.05) is 0 Å². The Labute approximate surface area is 130 Å². The van der Waals surface area contributed by atoms with Crippen LogP contribution in [0, 0.1) is 13.8 Å². The van der Waals surface area contributed by atoms with Gasteiger partial charge in [-0.25, -0.2) is 4.98 Å². The van der Waals surface area contributed by atoms with Crippen LogP contribution in [-0.4, -0.2) is 16.1 Å². The summed E-state index contributed by atoms with van der Waals surface area (Å²) in [4.78, 5) is 5.77. The second-order valence-corrected chi connectivity index (χ2v) is 6.85. The Hall–Kier alpha value is -1.17. The molecule has 0 aliphatic carbocycles. The standard InChI is InChI=1S/C15H16BrN3S/c1-9-3-12-13(4-10(9)2)19(8-18-12)14(6-17)15-5-11(16)7-20-15/h3-5,7-8,14H,6,17H2,1-2H3. The summed E-state index contributed by atoms with van der Waals surface area (Å²) in [5.74, 6) is 0. The molecule has 0 aliphatic rings. The largest absolute Gasteiger partial charge is 0.328 e. The van der Waals surface area contributed by atoms with E-state index in [1.807, 2.05) is 6.33 Å². The summed E-state index contributed by atoms with van der Waals surface area (Å²) >= 11 is 5.23. The number of rotatable bonds is 3. The quantitative estimate of drug-likeness (QED) is 0.775. The molecule has 3 nitrogen and oxygen atoms in total. The molecule has 104 valence electrons. The Balaban J connectivity index is 2.15. The number of hydrogen-bond acceptors (Lipinski definition) is 3. The lowest BCUT2D eigenvalue weighted by molar-refractivity contribution is 0.620. The highest BCUT2D eigenvalue weighted by Gasteiger charge is 2.17. The van der Waals surface area contributed by atoms with E-state index in [2.05, 4.69) is 62.9 Å². The van der Waals surface area contributed by atoms with Crippen molar-refractivity contribution in [3.63, 3.8) is 0 Å². The summed E-state index contributed by atoms with van der Waals surface area (Å²) < 4.78 is 3.28. The molecule has 0 spiro atoms. The van der Waals surface area contributed by atoms with Crippen LogP contribution in [0.25, 0.3) is 11.0 Å². The molecule has 5 heteroatoms. The van der Waals surface area contributed by atoms with Crippen molar-refractivity contribution in [1.82, 2.24) is 9.55 Å². The van der Waals surface area contributed by atoms with Gasteiger partial charge in [0.1, 0.15) is 0 Å². The maximum absolute atomic E-state index is 6.01. The molecule has 0 saturated carbocycles. The van der Waals surface area contributed by atoms with Crippen LogP contribution < -0.4 is 5.73 Å². The van der Waals surface area contributed by atoms with Crippen LogP contribution in [0.1, 0.15) is 22.0 Å². The smallest absolute Gasteiger partial charge is 0.0964 e. The molecule has 1 atom stereocenters. The number of nitrogens with two attached hydrogens (primary N) is 1. The summed E-state index contributed by atoms with van der Waals surface area (Å²) in [6.45, 7) is 4.81. The number of fused-ring (bicyclic) bond motifs is 1. The molecule has 0 saturated heterocycles. The molecule has 3 rings (SSSR count). The number of thiophene rings is 1. The minimum atomic E-state index is 0.137. The van der Waals surface area contributed by atoms with E-state index in [1.54, 1.807) is 11.3 Å². The third kappa shape index (κ3) is 2.30. The predicted octanol–water partition coefficient (Wildman–Crippen LogP) is 4.03. The molecular weight excluding hydrogens is 334 g/mol. The molecule has 20 heavy (non-hydrogen) atoms. The van der Waals surface area contributed by atoms with Gasteiger partial charge < -0.3 is 10.3 Å². The van der Waals surface area contributed by atoms with Gasteiger partial charge in [-0.05, 0) is 59.1 Å². The fraction of sp³-hybridized carbons (Fsp3) is 0.267. The zero-order valence-corrected chi connectivity index (χ0v) is 13.8. The first-order valence-corrected chi connectivity index (χ1v) is 8.15. The van der Waals surface area contributed by atoms with Crippen molar-refractivity contribution in [3.8, 4) is 0 Å². The Bertz CT molecular complexity index is 760. The number of aryl methyl sites for hydroxylation is 2. The molecule has 0 fully saturated rings. The third-order valence-corrected chi connectivity index (χ3v) is 5.46. The fourth-order valence-corrected chi connectivity index (χ4v) is 3.96. The summed E-state index contributed by atoms with van der Waals surface area (Å²) in [5, 5.41) is 2.09. The highest BCUT2D eigenvalue weighted by molar-refractivity contribution is 9.10. The predicted molar refractivity (Wildman–Crippen MR) is 88.4 cm³/mol. The van der Waals surface area contributed by atoms with Crippen molar-refractivity contribution in [3.05, 3.63) is 50.4 Å². The van der Waals surface area contributed by atoms with Gasteiger partial charge in [0.05, 0.1) is 23.4 Å². The highest BCUT2D eigenvalue weighted by Crippen LogP contribution is 2.30. The van der Waals surface area contributed by atoms with Crippen molar-refractivity contribution in [2.45, 2.75) is 19.9 Å². The molecule has 2 heterocycles. The van der Waals surface area contributed by atoms with E-state index in [0.717, 1.165) is 15.5 Å². The normalized spacial score (nSPS) is 13.0. The lowest BCUT2D eigenvalue weighted by atomic mass is 10.1. The van der Waals surface area contributed by atoms with Gasteiger partial charge in [0.25, 0.3) is 0 Å². The Morgan fingerprint density at radius 2 is 2.05 bits per heavy atom. The molecule has 0 radical (unpaired) electrons.